The molecule has 0 bridgehead atoms. The van der Waals surface area contributed by atoms with Crippen LogP contribution in [-0.2, 0) is 10.2 Å². The minimum absolute atomic E-state index is 0.119. The Balaban J connectivity index is 2.13. The fourth-order valence-electron chi connectivity index (χ4n) is 2.75. The summed E-state index contributed by atoms with van der Waals surface area (Å²) < 4.78 is 5.21. The molecule has 0 spiro atoms. The first kappa shape index (κ1) is 15.0. The van der Waals surface area contributed by atoms with Crippen LogP contribution in [0.25, 0.3) is 0 Å². The molecule has 1 atom stereocenters. The standard InChI is InChI=1S/C17H25NO2/c1-17(2,3)14-9-7-13(8-10-14)16(19)18-11-5-6-15(18)12-20-4/h7-10,15H,5-6,11-12H2,1-4H3. The highest BCUT2D eigenvalue weighted by Gasteiger charge is 2.29. The summed E-state index contributed by atoms with van der Waals surface area (Å²) in [5.74, 6) is 0.130. The molecule has 0 N–H and O–H groups in total. The van der Waals surface area contributed by atoms with Crippen LogP contribution in [0.15, 0.2) is 24.3 Å². The Hall–Kier alpha value is -1.35. The van der Waals surface area contributed by atoms with Crippen LogP contribution in [0.4, 0.5) is 0 Å². The second kappa shape index (κ2) is 5.96. The number of amides is 1. The van der Waals surface area contributed by atoms with Crippen molar-refractivity contribution in [3.05, 3.63) is 35.4 Å². The molecule has 1 unspecified atom stereocenters. The minimum atomic E-state index is 0.119. The van der Waals surface area contributed by atoms with E-state index in [1.165, 1.54) is 5.56 Å². The summed E-state index contributed by atoms with van der Waals surface area (Å²) >= 11 is 0. The van der Waals surface area contributed by atoms with Gasteiger partial charge in [-0.3, -0.25) is 4.79 Å². The highest BCUT2D eigenvalue weighted by atomic mass is 16.5. The molecular formula is C17H25NO2. The molecule has 0 aromatic heterocycles. The molecule has 0 radical (unpaired) electrons. The largest absolute Gasteiger partial charge is 0.383 e. The molecule has 1 heterocycles. The Morgan fingerprint density at radius 1 is 1.30 bits per heavy atom. The van der Waals surface area contributed by atoms with E-state index in [1.54, 1.807) is 7.11 Å². The molecule has 0 saturated carbocycles. The maximum absolute atomic E-state index is 12.6. The van der Waals surface area contributed by atoms with Gasteiger partial charge in [-0.1, -0.05) is 32.9 Å². The molecule has 0 aliphatic carbocycles. The summed E-state index contributed by atoms with van der Waals surface area (Å²) in [6.07, 6.45) is 2.11. The number of hydrogen-bond acceptors (Lipinski definition) is 2. The minimum Gasteiger partial charge on any atom is -0.383 e. The van der Waals surface area contributed by atoms with E-state index in [9.17, 15) is 4.79 Å². The fourth-order valence-corrected chi connectivity index (χ4v) is 2.75. The molecule has 20 heavy (non-hydrogen) atoms. The smallest absolute Gasteiger partial charge is 0.254 e. The lowest BCUT2D eigenvalue weighted by molar-refractivity contribution is 0.0630. The summed E-state index contributed by atoms with van der Waals surface area (Å²) in [4.78, 5) is 14.5. The van der Waals surface area contributed by atoms with Crippen molar-refractivity contribution >= 4 is 5.91 Å². The molecule has 110 valence electrons. The van der Waals surface area contributed by atoms with E-state index in [0.717, 1.165) is 24.9 Å². The maximum Gasteiger partial charge on any atom is 0.254 e. The molecule has 1 aromatic carbocycles. The predicted octanol–water partition coefficient (Wildman–Crippen LogP) is 3.24. The molecule has 1 aromatic rings. The molecule has 1 aliphatic rings. The molecule has 1 saturated heterocycles. The highest BCUT2D eigenvalue weighted by Crippen LogP contribution is 2.24. The van der Waals surface area contributed by atoms with Crippen LogP contribution in [-0.4, -0.2) is 37.1 Å². The summed E-state index contributed by atoms with van der Waals surface area (Å²) in [7, 11) is 1.69. The van der Waals surface area contributed by atoms with Crippen LogP contribution >= 0.6 is 0 Å². The van der Waals surface area contributed by atoms with Gasteiger partial charge in [-0.15, -0.1) is 0 Å². The number of hydrogen-bond donors (Lipinski definition) is 0. The van der Waals surface area contributed by atoms with Gasteiger partial charge >= 0.3 is 0 Å². The van der Waals surface area contributed by atoms with Gasteiger partial charge in [0.05, 0.1) is 12.6 Å². The monoisotopic (exact) mass is 275 g/mol. The summed E-state index contributed by atoms with van der Waals surface area (Å²) in [5.41, 5.74) is 2.15. The van der Waals surface area contributed by atoms with E-state index in [4.69, 9.17) is 4.74 Å². The Morgan fingerprint density at radius 2 is 1.95 bits per heavy atom. The van der Waals surface area contributed by atoms with Crippen molar-refractivity contribution in [2.24, 2.45) is 0 Å². The summed E-state index contributed by atoms with van der Waals surface area (Å²) in [6, 6.07) is 8.26. The van der Waals surface area contributed by atoms with Crippen molar-refractivity contribution in [2.45, 2.75) is 45.1 Å². The highest BCUT2D eigenvalue weighted by molar-refractivity contribution is 5.94. The van der Waals surface area contributed by atoms with Gasteiger partial charge < -0.3 is 9.64 Å². The first-order chi connectivity index (χ1) is 9.43. The zero-order valence-corrected chi connectivity index (χ0v) is 13.0. The Bertz CT molecular complexity index is 459. The summed E-state index contributed by atoms with van der Waals surface area (Å²) in [5, 5.41) is 0. The van der Waals surface area contributed by atoms with Crippen LogP contribution in [0, 0.1) is 0 Å². The Morgan fingerprint density at radius 3 is 2.50 bits per heavy atom. The van der Waals surface area contributed by atoms with Gasteiger partial charge in [0, 0.05) is 19.2 Å². The number of methoxy groups -OCH3 is 1. The van der Waals surface area contributed by atoms with Crippen LogP contribution in [0.3, 0.4) is 0 Å². The van der Waals surface area contributed by atoms with Gasteiger partial charge in [-0.25, -0.2) is 0 Å². The molecule has 2 rings (SSSR count). The Kier molecular flexibility index (Phi) is 4.48. The van der Waals surface area contributed by atoms with Gasteiger partial charge in [-0.05, 0) is 36.0 Å². The van der Waals surface area contributed by atoms with Crippen LogP contribution in [0.5, 0.6) is 0 Å². The normalized spacial score (nSPS) is 19.4. The molecule has 1 fully saturated rings. The number of carbonyl (C=O) groups excluding carboxylic acids is 1. The number of benzene rings is 1. The van der Waals surface area contributed by atoms with Gasteiger partial charge in [0.15, 0.2) is 0 Å². The van der Waals surface area contributed by atoms with E-state index in [-0.39, 0.29) is 17.4 Å². The van der Waals surface area contributed by atoms with Crippen LogP contribution in [0.2, 0.25) is 0 Å². The molecular weight excluding hydrogens is 250 g/mol. The van der Waals surface area contributed by atoms with Crippen LogP contribution in [0.1, 0.15) is 49.5 Å². The number of nitrogens with zero attached hydrogens (tertiary/aromatic N) is 1. The predicted molar refractivity (Wildman–Crippen MR) is 81.1 cm³/mol. The number of ether oxygens (including phenoxy) is 1. The van der Waals surface area contributed by atoms with E-state index in [0.29, 0.717) is 6.61 Å². The first-order valence-electron chi connectivity index (χ1n) is 7.34. The van der Waals surface area contributed by atoms with Crippen molar-refractivity contribution in [3.63, 3.8) is 0 Å². The lowest BCUT2D eigenvalue weighted by Gasteiger charge is -2.25. The zero-order chi connectivity index (χ0) is 14.8. The SMILES string of the molecule is COCC1CCCN1C(=O)c1ccc(C(C)(C)C)cc1. The lowest BCUT2D eigenvalue weighted by Crippen LogP contribution is -2.38. The van der Waals surface area contributed by atoms with Gasteiger partial charge in [0.2, 0.25) is 0 Å². The molecule has 3 heteroatoms. The lowest BCUT2D eigenvalue weighted by atomic mass is 9.86. The van der Waals surface area contributed by atoms with Crippen molar-refractivity contribution in [1.29, 1.82) is 0 Å². The van der Waals surface area contributed by atoms with Crippen molar-refractivity contribution < 1.29 is 9.53 Å². The average Bonchev–Trinajstić information content (AvgIpc) is 2.86. The number of likely N-dealkylation sites (tertiary alicyclic amines) is 1. The third kappa shape index (κ3) is 3.21. The van der Waals surface area contributed by atoms with E-state index < -0.39 is 0 Å². The van der Waals surface area contributed by atoms with E-state index >= 15 is 0 Å². The first-order valence-corrected chi connectivity index (χ1v) is 7.34. The van der Waals surface area contributed by atoms with Gasteiger partial charge in [-0.2, -0.15) is 0 Å². The van der Waals surface area contributed by atoms with E-state index in [1.807, 2.05) is 17.0 Å². The average molecular weight is 275 g/mol. The Labute approximate surface area is 121 Å². The number of rotatable bonds is 3. The summed E-state index contributed by atoms with van der Waals surface area (Å²) in [6.45, 7) is 8.01. The third-order valence-electron chi connectivity index (χ3n) is 3.99. The topological polar surface area (TPSA) is 29.5 Å². The van der Waals surface area contributed by atoms with Gasteiger partial charge in [0.25, 0.3) is 5.91 Å². The van der Waals surface area contributed by atoms with Crippen LogP contribution < -0.4 is 0 Å². The zero-order valence-electron chi connectivity index (χ0n) is 13.0. The third-order valence-corrected chi connectivity index (χ3v) is 3.99. The fraction of sp³-hybridized carbons (Fsp3) is 0.588. The van der Waals surface area contributed by atoms with Crippen molar-refractivity contribution in [3.8, 4) is 0 Å². The molecule has 1 aliphatic heterocycles. The molecule has 3 nitrogen and oxygen atoms in total. The van der Waals surface area contributed by atoms with Crippen molar-refractivity contribution in [2.75, 3.05) is 20.3 Å². The van der Waals surface area contributed by atoms with E-state index in [2.05, 4.69) is 32.9 Å². The van der Waals surface area contributed by atoms with Gasteiger partial charge in [0.1, 0.15) is 0 Å². The second-order valence-corrected chi connectivity index (χ2v) is 6.58. The van der Waals surface area contributed by atoms with Crippen molar-refractivity contribution in [1.82, 2.24) is 4.90 Å². The second-order valence-electron chi connectivity index (χ2n) is 6.58. The number of carbonyl (C=O) groups is 1. The molecule has 1 amide bonds. The quantitative estimate of drug-likeness (QED) is 0.847. The maximum atomic E-state index is 12.6.